The van der Waals surface area contributed by atoms with Crippen LogP contribution in [0.15, 0.2) is 59.6 Å². The van der Waals surface area contributed by atoms with Gasteiger partial charge in [0.1, 0.15) is 0 Å². The molecule has 1 aliphatic heterocycles. The summed E-state index contributed by atoms with van der Waals surface area (Å²) in [4.78, 5) is 19.1. The van der Waals surface area contributed by atoms with E-state index in [2.05, 4.69) is 63.1 Å². The van der Waals surface area contributed by atoms with Gasteiger partial charge in [-0.2, -0.15) is 0 Å². The molecule has 0 bridgehead atoms. The van der Waals surface area contributed by atoms with Crippen LogP contribution in [0.2, 0.25) is 0 Å². The molecule has 0 radical (unpaired) electrons. The van der Waals surface area contributed by atoms with Crippen molar-refractivity contribution in [3.63, 3.8) is 0 Å². The Hall–Kier alpha value is -2.86. The average Bonchev–Trinajstić information content (AvgIpc) is 3.09. The number of nitrogens with one attached hydrogen (secondary N) is 3. The second kappa shape index (κ2) is 10.8. The second-order valence-electron chi connectivity index (χ2n) is 7.97. The van der Waals surface area contributed by atoms with Crippen molar-refractivity contribution in [3.05, 3.63) is 71.3 Å². The molecule has 30 heavy (non-hydrogen) atoms. The lowest BCUT2D eigenvalue weighted by atomic mass is 10.1. The molecule has 160 valence electrons. The van der Waals surface area contributed by atoms with Crippen molar-refractivity contribution in [1.82, 2.24) is 20.9 Å². The van der Waals surface area contributed by atoms with E-state index in [1.165, 1.54) is 5.56 Å². The highest BCUT2D eigenvalue weighted by Crippen LogP contribution is 2.20. The molecule has 0 aromatic heterocycles. The van der Waals surface area contributed by atoms with E-state index >= 15 is 0 Å². The van der Waals surface area contributed by atoms with E-state index in [9.17, 15) is 4.79 Å². The summed E-state index contributed by atoms with van der Waals surface area (Å²) in [5, 5.41) is 9.77. The maximum absolute atomic E-state index is 12.2. The Balaban J connectivity index is 1.40. The number of guanidine groups is 1. The van der Waals surface area contributed by atoms with E-state index in [0.29, 0.717) is 30.7 Å². The highest BCUT2D eigenvalue weighted by Gasteiger charge is 2.29. The number of likely N-dealkylation sites (tertiary alicyclic amines) is 1. The molecule has 1 amide bonds. The van der Waals surface area contributed by atoms with Gasteiger partial charge in [-0.3, -0.25) is 14.7 Å². The molecule has 2 aromatic carbocycles. The van der Waals surface area contributed by atoms with Gasteiger partial charge >= 0.3 is 0 Å². The fourth-order valence-electron chi connectivity index (χ4n) is 3.87. The van der Waals surface area contributed by atoms with Gasteiger partial charge in [0.2, 0.25) is 0 Å². The number of carbonyl (C=O) groups is 1. The zero-order valence-electron chi connectivity index (χ0n) is 18.2. The summed E-state index contributed by atoms with van der Waals surface area (Å²) in [6, 6.07) is 19.1. The Morgan fingerprint density at radius 1 is 1.10 bits per heavy atom. The van der Waals surface area contributed by atoms with Crippen LogP contribution >= 0.6 is 0 Å². The van der Waals surface area contributed by atoms with E-state index in [0.717, 1.165) is 31.0 Å². The number of benzene rings is 2. The summed E-state index contributed by atoms with van der Waals surface area (Å²) in [7, 11) is 1.78. The summed E-state index contributed by atoms with van der Waals surface area (Å²) >= 11 is 0. The van der Waals surface area contributed by atoms with Crippen LogP contribution in [-0.4, -0.2) is 55.5 Å². The lowest BCUT2D eigenvalue weighted by Crippen LogP contribution is -2.46. The molecule has 3 N–H and O–H groups in total. The van der Waals surface area contributed by atoms with Gasteiger partial charge < -0.3 is 16.0 Å². The molecule has 2 atom stereocenters. The fourth-order valence-corrected chi connectivity index (χ4v) is 3.87. The van der Waals surface area contributed by atoms with Gasteiger partial charge in [0, 0.05) is 50.9 Å². The minimum atomic E-state index is -0.0513. The van der Waals surface area contributed by atoms with Crippen LogP contribution in [0.25, 0.3) is 0 Å². The first-order chi connectivity index (χ1) is 14.5. The normalized spacial score (nSPS) is 19.5. The van der Waals surface area contributed by atoms with Crippen molar-refractivity contribution >= 4 is 11.9 Å². The van der Waals surface area contributed by atoms with E-state index in [1.807, 2.05) is 31.2 Å². The molecule has 1 fully saturated rings. The summed E-state index contributed by atoms with van der Waals surface area (Å²) in [6.07, 6.45) is 1.08. The van der Waals surface area contributed by atoms with Gasteiger partial charge in [0.05, 0.1) is 0 Å². The van der Waals surface area contributed by atoms with Crippen LogP contribution in [-0.2, 0) is 6.54 Å². The monoisotopic (exact) mass is 407 g/mol. The molecule has 1 saturated heterocycles. The van der Waals surface area contributed by atoms with Gasteiger partial charge in [0.15, 0.2) is 5.96 Å². The predicted octanol–water partition coefficient (Wildman–Crippen LogP) is 2.55. The van der Waals surface area contributed by atoms with E-state index in [-0.39, 0.29) is 5.91 Å². The third-order valence-electron chi connectivity index (χ3n) is 5.48. The molecule has 0 saturated carbocycles. The smallest absolute Gasteiger partial charge is 0.251 e. The molecule has 6 nitrogen and oxygen atoms in total. The summed E-state index contributed by atoms with van der Waals surface area (Å²) in [5.74, 6) is 0.725. The number of carbonyl (C=O) groups excluding carboxylic acids is 1. The quantitative estimate of drug-likeness (QED) is 0.375. The van der Waals surface area contributed by atoms with Crippen molar-refractivity contribution in [2.24, 2.45) is 4.99 Å². The molecule has 2 unspecified atom stereocenters. The van der Waals surface area contributed by atoms with Gasteiger partial charge in [-0.15, -0.1) is 0 Å². The van der Waals surface area contributed by atoms with Crippen LogP contribution in [0, 0.1) is 6.92 Å². The van der Waals surface area contributed by atoms with Crippen molar-refractivity contribution in [3.8, 4) is 0 Å². The summed E-state index contributed by atoms with van der Waals surface area (Å²) < 4.78 is 0. The average molecular weight is 408 g/mol. The Kier molecular flexibility index (Phi) is 7.85. The number of aliphatic imine (C=N–C) groups is 1. The number of rotatable bonds is 7. The molecule has 0 spiro atoms. The number of amides is 1. The lowest BCUT2D eigenvalue weighted by Gasteiger charge is -2.21. The highest BCUT2D eigenvalue weighted by atomic mass is 16.1. The number of aryl methyl sites for hydroxylation is 1. The van der Waals surface area contributed by atoms with Crippen LogP contribution in [0.4, 0.5) is 0 Å². The molecule has 6 heteroatoms. The molecular formula is C24H33N5O. The fraction of sp³-hybridized carbons (Fsp3) is 0.417. The number of nitrogens with zero attached hydrogens (tertiary/aromatic N) is 2. The van der Waals surface area contributed by atoms with Crippen molar-refractivity contribution in [2.45, 2.75) is 38.9 Å². The Morgan fingerprint density at radius 3 is 2.60 bits per heavy atom. The minimum absolute atomic E-state index is 0.0513. The zero-order valence-corrected chi connectivity index (χ0v) is 18.2. The summed E-state index contributed by atoms with van der Waals surface area (Å²) in [6.45, 7) is 7.38. The molecule has 0 aliphatic carbocycles. The predicted molar refractivity (Wildman–Crippen MR) is 123 cm³/mol. The van der Waals surface area contributed by atoms with Crippen LogP contribution in [0.3, 0.4) is 0 Å². The molecule has 3 rings (SSSR count). The van der Waals surface area contributed by atoms with Crippen molar-refractivity contribution in [2.75, 3.05) is 26.7 Å². The Bertz CT molecular complexity index is 852. The second-order valence-corrected chi connectivity index (χ2v) is 7.97. The van der Waals surface area contributed by atoms with Crippen molar-refractivity contribution in [1.29, 1.82) is 0 Å². The summed E-state index contributed by atoms with van der Waals surface area (Å²) in [5.41, 5.74) is 3.12. The van der Waals surface area contributed by atoms with Crippen LogP contribution < -0.4 is 16.0 Å². The number of hydrogen-bond acceptors (Lipinski definition) is 3. The topological polar surface area (TPSA) is 68.8 Å². The third kappa shape index (κ3) is 6.32. The zero-order chi connectivity index (χ0) is 21.3. The molecule has 2 aromatic rings. The SMILES string of the molecule is CN=C(NCCNC(=O)c1cccc(C)c1)NC1CC(C)N(Cc2ccccc2)C1. The Labute approximate surface area is 179 Å². The van der Waals surface area contributed by atoms with Gasteiger partial charge in [0.25, 0.3) is 5.91 Å². The lowest BCUT2D eigenvalue weighted by molar-refractivity contribution is 0.0954. The molecule has 1 heterocycles. The first-order valence-corrected chi connectivity index (χ1v) is 10.6. The maximum Gasteiger partial charge on any atom is 0.251 e. The van der Waals surface area contributed by atoms with E-state index < -0.39 is 0 Å². The molecule has 1 aliphatic rings. The largest absolute Gasteiger partial charge is 0.355 e. The van der Waals surface area contributed by atoms with E-state index in [1.54, 1.807) is 7.05 Å². The Morgan fingerprint density at radius 2 is 1.87 bits per heavy atom. The van der Waals surface area contributed by atoms with Gasteiger partial charge in [-0.1, -0.05) is 48.0 Å². The minimum Gasteiger partial charge on any atom is -0.355 e. The maximum atomic E-state index is 12.2. The first kappa shape index (κ1) is 21.8. The highest BCUT2D eigenvalue weighted by molar-refractivity contribution is 5.94. The molecular weight excluding hydrogens is 374 g/mol. The number of hydrogen-bond donors (Lipinski definition) is 3. The van der Waals surface area contributed by atoms with Gasteiger partial charge in [-0.25, -0.2) is 0 Å². The van der Waals surface area contributed by atoms with Gasteiger partial charge in [-0.05, 0) is 38.0 Å². The first-order valence-electron chi connectivity index (χ1n) is 10.6. The van der Waals surface area contributed by atoms with E-state index in [4.69, 9.17) is 0 Å². The third-order valence-corrected chi connectivity index (χ3v) is 5.48. The van der Waals surface area contributed by atoms with Crippen molar-refractivity contribution < 1.29 is 4.79 Å². The van der Waals surface area contributed by atoms with Crippen LogP contribution in [0.5, 0.6) is 0 Å². The van der Waals surface area contributed by atoms with Crippen LogP contribution in [0.1, 0.15) is 34.8 Å². The standard InChI is InChI=1S/C24H33N5O/c1-18-8-7-11-21(14-18)23(30)26-12-13-27-24(25-3)28-22-15-19(2)29(17-22)16-20-9-5-4-6-10-20/h4-11,14,19,22H,12-13,15-17H2,1-3H3,(H,26,30)(H2,25,27,28).